The highest BCUT2D eigenvalue weighted by Crippen LogP contribution is 2.22. The van der Waals surface area contributed by atoms with Crippen molar-refractivity contribution in [2.75, 3.05) is 20.8 Å². The first kappa shape index (κ1) is 19.0. The SMILES string of the molecule is COC(=O)C[C@H](NCC(=O)NCc1cccc(OC)c1)c1cccs1. The summed E-state index contributed by atoms with van der Waals surface area (Å²) in [7, 11) is 2.96. The molecule has 2 rings (SSSR count). The van der Waals surface area contributed by atoms with Crippen LogP contribution in [0.2, 0.25) is 0 Å². The number of ether oxygens (including phenoxy) is 2. The number of rotatable bonds is 9. The van der Waals surface area contributed by atoms with Crippen molar-refractivity contribution in [1.29, 1.82) is 0 Å². The molecule has 6 nitrogen and oxygen atoms in total. The van der Waals surface area contributed by atoms with Crippen LogP contribution in [-0.2, 0) is 20.9 Å². The van der Waals surface area contributed by atoms with E-state index in [1.807, 2.05) is 41.8 Å². The van der Waals surface area contributed by atoms with Gasteiger partial charge in [0.05, 0.1) is 33.2 Å². The van der Waals surface area contributed by atoms with Gasteiger partial charge >= 0.3 is 5.97 Å². The summed E-state index contributed by atoms with van der Waals surface area (Å²) in [6.45, 7) is 0.530. The number of methoxy groups -OCH3 is 2. The fourth-order valence-electron chi connectivity index (χ4n) is 2.27. The van der Waals surface area contributed by atoms with E-state index in [0.29, 0.717) is 6.54 Å². The van der Waals surface area contributed by atoms with Crippen LogP contribution in [0.15, 0.2) is 41.8 Å². The number of benzene rings is 1. The third kappa shape index (κ3) is 6.21. The van der Waals surface area contributed by atoms with Crippen LogP contribution in [-0.4, -0.2) is 32.6 Å². The Hall–Kier alpha value is -2.38. The van der Waals surface area contributed by atoms with Gasteiger partial charge in [0.25, 0.3) is 0 Å². The highest BCUT2D eigenvalue weighted by molar-refractivity contribution is 7.10. The second-order valence-corrected chi connectivity index (χ2v) is 6.34. The molecule has 0 bridgehead atoms. The molecule has 2 N–H and O–H groups in total. The molecule has 0 aliphatic rings. The Morgan fingerprint density at radius 3 is 2.72 bits per heavy atom. The van der Waals surface area contributed by atoms with Gasteiger partial charge in [0, 0.05) is 11.4 Å². The minimum Gasteiger partial charge on any atom is -0.497 e. The van der Waals surface area contributed by atoms with Gasteiger partial charge in [0.15, 0.2) is 0 Å². The molecule has 1 aromatic heterocycles. The quantitative estimate of drug-likeness (QED) is 0.669. The molecule has 0 aliphatic heterocycles. The molecule has 1 heterocycles. The fraction of sp³-hybridized carbons (Fsp3) is 0.333. The third-order valence-corrected chi connectivity index (χ3v) is 4.60. The molecule has 1 amide bonds. The van der Waals surface area contributed by atoms with Gasteiger partial charge in [-0.3, -0.25) is 9.59 Å². The molecular weight excluding hydrogens is 340 g/mol. The highest BCUT2D eigenvalue weighted by atomic mass is 32.1. The molecule has 0 spiro atoms. The van der Waals surface area contributed by atoms with E-state index in [2.05, 4.69) is 10.6 Å². The van der Waals surface area contributed by atoms with Crippen molar-refractivity contribution in [2.45, 2.75) is 19.0 Å². The normalized spacial score (nSPS) is 11.6. The first-order valence-electron chi connectivity index (χ1n) is 7.85. The number of amides is 1. The highest BCUT2D eigenvalue weighted by Gasteiger charge is 2.18. The van der Waals surface area contributed by atoms with E-state index in [9.17, 15) is 9.59 Å². The number of thiophene rings is 1. The third-order valence-electron chi connectivity index (χ3n) is 3.62. The molecule has 0 saturated heterocycles. The topological polar surface area (TPSA) is 76.7 Å². The van der Waals surface area contributed by atoms with E-state index >= 15 is 0 Å². The van der Waals surface area contributed by atoms with Crippen LogP contribution in [0.1, 0.15) is 22.9 Å². The number of esters is 1. The maximum atomic E-state index is 12.1. The summed E-state index contributed by atoms with van der Waals surface area (Å²) < 4.78 is 9.89. The van der Waals surface area contributed by atoms with Crippen LogP contribution < -0.4 is 15.4 Å². The van der Waals surface area contributed by atoms with Crippen molar-refractivity contribution in [3.05, 3.63) is 52.2 Å². The number of carbonyl (C=O) groups is 2. The van der Waals surface area contributed by atoms with Gasteiger partial charge in [-0.1, -0.05) is 18.2 Å². The van der Waals surface area contributed by atoms with Gasteiger partial charge < -0.3 is 20.1 Å². The summed E-state index contributed by atoms with van der Waals surface area (Å²) in [5.74, 6) is 0.289. The summed E-state index contributed by atoms with van der Waals surface area (Å²) in [6.07, 6.45) is 0.181. The first-order valence-corrected chi connectivity index (χ1v) is 8.73. The van der Waals surface area contributed by atoms with Crippen LogP contribution in [0.5, 0.6) is 5.75 Å². The Balaban J connectivity index is 1.84. The van der Waals surface area contributed by atoms with E-state index in [1.54, 1.807) is 7.11 Å². The summed E-state index contributed by atoms with van der Waals surface area (Å²) in [4.78, 5) is 24.6. The maximum absolute atomic E-state index is 12.1. The Bertz CT molecular complexity index is 688. The minimum absolute atomic E-state index is 0.115. The Morgan fingerprint density at radius 2 is 2.04 bits per heavy atom. The van der Waals surface area contributed by atoms with Crippen molar-refractivity contribution in [3.63, 3.8) is 0 Å². The predicted octanol–water partition coefficient (Wildman–Crippen LogP) is 2.27. The van der Waals surface area contributed by atoms with Crippen LogP contribution in [0.25, 0.3) is 0 Å². The molecular formula is C18H22N2O4S. The average molecular weight is 362 g/mol. The number of hydrogen-bond acceptors (Lipinski definition) is 6. The second kappa shape index (κ2) is 9.80. The lowest BCUT2D eigenvalue weighted by atomic mass is 10.1. The maximum Gasteiger partial charge on any atom is 0.307 e. The van der Waals surface area contributed by atoms with Crippen molar-refractivity contribution >= 4 is 23.2 Å². The van der Waals surface area contributed by atoms with Crippen LogP contribution in [0.3, 0.4) is 0 Å². The summed E-state index contributed by atoms with van der Waals surface area (Å²) in [6, 6.07) is 11.1. The average Bonchev–Trinajstić information content (AvgIpc) is 3.17. The Morgan fingerprint density at radius 1 is 1.20 bits per heavy atom. The number of hydrogen-bond donors (Lipinski definition) is 2. The van der Waals surface area contributed by atoms with E-state index < -0.39 is 0 Å². The minimum atomic E-state index is -0.317. The number of nitrogens with one attached hydrogen (secondary N) is 2. The van der Waals surface area contributed by atoms with Gasteiger partial charge in [0.2, 0.25) is 5.91 Å². The molecule has 25 heavy (non-hydrogen) atoms. The van der Waals surface area contributed by atoms with Gasteiger partial charge in [-0.15, -0.1) is 11.3 Å². The molecule has 2 aromatic rings. The fourth-order valence-corrected chi connectivity index (χ4v) is 3.08. The first-order chi connectivity index (χ1) is 12.1. The predicted molar refractivity (Wildman–Crippen MR) is 96.5 cm³/mol. The van der Waals surface area contributed by atoms with Gasteiger partial charge in [-0.25, -0.2) is 0 Å². The molecule has 0 aliphatic carbocycles. The zero-order valence-corrected chi connectivity index (χ0v) is 15.1. The lowest BCUT2D eigenvalue weighted by Crippen LogP contribution is -2.36. The van der Waals surface area contributed by atoms with E-state index in [0.717, 1.165) is 16.2 Å². The van der Waals surface area contributed by atoms with Gasteiger partial charge in [-0.2, -0.15) is 0 Å². The monoisotopic (exact) mass is 362 g/mol. The Labute approximate surface area is 151 Å². The number of carbonyl (C=O) groups excluding carboxylic acids is 2. The van der Waals surface area contributed by atoms with E-state index in [1.165, 1.54) is 18.4 Å². The standard InChI is InChI=1S/C18H22N2O4S/c1-23-14-6-3-5-13(9-14)11-20-17(21)12-19-15(10-18(22)24-2)16-7-4-8-25-16/h3-9,15,19H,10-12H2,1-2H3,(H,20,21)/t15-/m0/s1. The lowest BCUT2D eigenvalue weighted by molar-refractivity contribution is -0.141. The molecule has 0 fully saturated rings. The molecule has 0 unspecified atom stereocenters. The Kier molecular flexibility index (Phi) is 7.43. The van der Waals surface area contributed by atoms with Gasteiger partial charge in [0.1, 0.15) is 5.75 Å². The molecule has 0 radical (unpaired) electrons. The van der Waals surface area contributed by atoms with Crippen LogP contribution in [0, 0.1) is 0 Å². The molecule has 1 aromatic carbocycles. The second-order valence-electron chi connectivity index (χ2n) is 5.36. The summed E-state index contributed by atoms with van der Waals surface area (Å²) in [5, 5.41) is 7.90. The molecule has 1 atom stereocenters. The zero-order valence-electron chi connectivity index (χ0n) is 14.3. The smallest absolute Gasteiger partial charge is 0.307 e. The summed E-state index contributed by atoms with van der Waals surface area (Å²) >= 11 is 1.53. The molecule has 134 valence electrons. The van der Waals surface area contributed by atoms with Crippen molar-refractivity contribution in [3.8, 4) is 5.75 Å². The van der Waals surface area contributed by atoms with Crippen molar-refractivity contribution < 1.29 is 19.1 Å². The van der Waals surface area contributed by atoms with Crippen molar-refractivity contribution in [1.82, 2.24) is 10.6 Å². The van der Waals surface area contributed by atoms with Gasteiger partial charge in [-0.05, 0) is 29.1 Å². The van der Waals surface area contributed by atoms with E-state index in [-0.39, 0.29) is 30.9 Å². The molecule has 0 saturated carbocycles. The lowest BCUT2D eigenvalue weighted by Gasteiger charge is -2.16. The summed E-state index contributed by atoms with van der Waals surface area (Å²) in [5.41, 5.74) is 0.956. The largest absolute Gasteiger partial charge is 0.497 e. The van der Waals surface area contributed by atoms with Crippen LogP contribution >= 0.6 is 11.3 Å². The van der Waals surface area contributed by atoms with Crippen LogP contribution in [0.4, 0.5) is 0 Å². The van der Waals surface area contributed by atoms with Crippen molar-refractivity contribution in [2.24, 2.45) is 0 Å². The van der Waals surface area contributed by atoms with E-state index in [4.69, 9.17) is 9.47 Å². The molecule has 7 heteroatoms. The zero-order chi connectivity index (χ0) is 18.1.